The van der Waals surface area contributed by atoms with Gasteiger partial charge in [0.2, 0.25) is 0 Å². The Morgan fingerprint density at radius 3 is 2.50 bits per heavy atom. The van der Waals surface area contributed by atoms with Crippen molar-refractivity contribution in [2.75, 3.05) is 5.75 Å². The fourth-order valence-electron chi connectivity index (χ4n) is 1.28. The molecule has 0 aliphatic heterocycles. The minimum absolute atomic E-state index is 0.226. The summed E-state index contributed by atoms with van der Waals surface area (Å²) >= 11 is 1.74. The fraction of sp³-hybridized carbons (Fsp3) is 0.500. The lowest BCUT2D eigenvalue weighted by Crippen LogP contribution is -2.08. The summed E-state index contributed by atoms with van der Waals surface area (Å²) in [5, 5.41) is 10.8. The molecule has 0 atom stereocenters. The van der Waals surface area contributed by atoms with Crippen molar-refractivity contribution in [2.45, 2.75) is 26.5 Å². The van der Waals surface area contributed by atoms with E-state index in [9.17, 15) is 10.1 Å². The first kappa shape index (κ1) is 13.0. The SMILES string of the molecule is CC(C)(C)CSCc1ccccc1[N+](=O)[O-]. The highest BCUT2D eigenvalue weighted by Gasteiger charge is 2.14. The number of nitrogens with zero attached hydrogens (tertiary/aromatic N) is 1. The number of nitro benzene ring substituents is 1. The Morgan fingerprint density at radius 2 is 1.94 bits per heavy atom. The first-order valence-corrected chi connectivity index (χ1v) is 6.36. The van der Waals surface area contributed by atoms with Crippen LogP contribution in [-0.2, 0) is 5.75 Å². The summed E-state index contributed by atoms with van der Waals surface area (Å²) < 4.78 is 0. The average Bonchev–Trinajstić information content (AvgIpc) is 2.16. The minimum Gasteiger partial charge on any atom is -0.258 e. The van der Waals surface area contributed by atoms with Gasteiger partial charge >= 0.3 is 0 Å². The Labute approximate surface area is 100 Å². The molecule has 4 heteroatoms. The first-order chi connectivity index (χ1) is 7.40. The molecule has 1 aromatic rings. The van der Waals surface area contributed by atoms with Gasteiger partial charge < -0.3 is 0 Å². The zero-order valence-corrected chi connectivity index (χ0v) is 10.7. The van der Waals surface area contributed by atoms with Crippen molar-refractivity contribution in [2.24, 2.45) is 5.41 Å². The summed E-state index contributed by atoms with van der Waals surface area (Å²) in [7, 11) is 0. The van der Waals surface area contributed by atoms with Crippen LogP contribution in [0.3, 0.4) is 0 Å². The van der Waals surface area contributed by atoms with E-state index in [1.165, 1.54) is 0 Å². The second-order valence-corrected chi connectivity index (χ2v) is 5.92. The molecule has 0 N–H and O–H groups in total. The van der Waals surface area contributed by atoms with Crippen molar-refractivity contribution < 1.29 is 4.92 Å². The van der Waals surface area contributed by atoms with Crippen molar-refractivity contribution in [3.05, 3.63) is 39.9 Å². The molecular formula is C12H17NO2S. The third kappa shape index (κ3) is 4.23. The number of rotatable bonds is 4. The maximum Gasteiger partial charge on any atom is 0.273 e. The van der Waals surface area contributed by atoms with Gasteiger partial charge in [-0.2, -0.15) is 11.8 Å². The Balaban J connectivity index is 2.64. The molecule has 0 saturated heterocycles. The molecule has 16 heavy (non-hydrogen) atoms. The molecule has 0 bridgehead atoms. The van der Waals surface area contributed by atoms with Crippen LogP contribution >= 0.6 is 11.8 Å². The summed E-state index contributed by atoms with van der Waals surface area (Å²) in [4.78, 5) is 10.5. The highest BCUT2D eigenvalue weighted by molar-refractivity contribution is 7.98. The fourth-order valence-corrected chi connectivity index (χ4v) is 2.46. The van der Waals surface area contributed by atoms with Crippen LogP contribution in [0.25, 0.3) is 0 Å². The minimum atomic E-state index is -0.313. The molecule has 1 rings (SSSR count). The molecule has 0 unspecified atom stereocenters. The lowest BCUT2D eigenvalue weighted by atomic mass is 10.0. The van der Waals surface area contributed by atoms with E-state index < -0.39 is 0 Å². The van der Waals surface area contributed by atoms with Crippen LogP contribution in [0, 0.1) is 15.5 Å². The van der Waals surface area contributed by atoms with Crippen LogP contribution < -0.4 is 0 Å². The average molecular weight is 239 g/mol. The van der Waals surface area contributed by atoms with Gasteiger partial charge in [-0.3, -0.25) is 10.1 Å². The molecule has 0 fully saturated rings. The second kappa shape index (κ2) is 5.34. The summed E-state index contributed by atoms with van der Waals surface area (Å²) in [6.07, 6.45) is 0. The normalized spacial score (nSPS) is 11.4. The molecule has 1 aromatic carbocycles. The van der Waals surface area contributed by atoms with Gasteiger partial charge in [-0.1, -0.05) is 39.0 Å². The van der Waals surface area contributed by atoms with E-state index in [2.05, 4.69) is 20.8 Å². The summed E-state index contributed by atoms with van der Waals surface area (Å²) in [6, 6.07) is 6.94. The van der Waals surface area contributed by atoms with E-state index in [0.717, 1.165) is 11.3 Å². The van der Waals surface area contributed by atoms with Crippen LogP contribution in [-0.4, -0.2) is 10.7 Å². The van der Waals surface area contributed by atoms with Gasteiger partial charge in [-0.05, 0) is 11.2 Å². The maximum absolute atomic E-state index is 10.8. The maximum atomic E-state index is 10.8. The standard InChI is InChI=1S/C12H17NO2S/c1-12(2,3)9-16-8-10-6-4-5-7-11(10)13(14)15/h4-7H,8-9H2,1-3H3. The van der Waals surface area contributed by atoms with E-state index in [0.29, 0.717) is 5.75 Å². The molecule has 0 aliphatic rings. The van der Waals surface area contributed by atoms with Crippen molar-refractivity contribution in [3.63, 3.8) is 0 Å². The molecule has 0 aromatic heterocycles. The van der Waals surface area contributed by atoms with E-state index in [1.54, 1.807) is 23.9 Å². The predicted octanol–water partition coefficient (Wildman–Crippen LogP) is 3.87. The lowest BCUT2D eigenvalue weighted by molar-refractivity contribution is -0.385. The van der Waals surface area contributed by atoms with Gasteiger partial charge in [0, 0.05) is 17.4 Å². The van der Waals surface area contributed by atoms with Crippen LogP contribution in [0.2, 0.25) is 0 Å². The molecule has 0 saturated carbocycles. The van der Waals surface area contributed by atoms with Crippen LogP contribution in [0.15, 0.2) is 24.3 Å². The second-order valence-electron chi connectivity index (χ2n) is 4.94. The number of benzene rings is 1. The molecule has 0 radical (unpaired) electrons. The van der Waals surface area contributed by atoms with E-state index >= 15 is 0 Å². The monoisotopic (exact) mass is 239 g/mol. The van der Waals surface area contributed by atoms with E-state index in [4.69, 9.17) is 0 Å². The highest BCUT2D eigenvalue weighted by Crippen LogP contribution is 2.27. The summed E-state index contributed by atoms with van der Waals surface area (Å²) in [6.45, 7) is 6.50. The van der Waals surface area contributed by atoms with Gasteiger partial charge in [0.15, 0.2) is 0 Å². The zero-order valence-electron chi connectivity index (χ0n) is 9.90. The number of para-hydroxylation sites is 1. The van der Waals surface area contributed by atoms with E-state index in [1.807, 2.05) is 12.1 Å². The van der Waals surface area contributed by atoms with Gasteiger partial charge in [0.05, 0.1) is 4.92 Å². The Bertz CT molecular complexity index is 372. The molecule has 0 heterocycles. The number of nitro groups is 1. The number of hydrogen-bond acceptors (Lipinski definition) is 3. The molecule has 0 amide bonds. The molecular weight excluding hydrogens is 222 g/mol. The van der Waals surface area contributed by atoms with Crippen LogP contribution in [0.5, 0.6) is 0 Å². The van der Waals surface area contributed by atoms with Gasteiger partial charge in [0.25, 0.3) is 5.69 Å². The first-order valence-electron chi connectivity index (χ1n) is 5.20. The third-order valence-electron chi connectivity index (χ3n) is 1.98. The Hall–Kier alpha value is -1.03. The Morgan fingerprint density at radius 1 is 1.31 bits per heavy atom. The Kier molecular flexibility index (Phi) is 4.35. The number of hydrogen-bond donors (Lipinski definition) is 0. The van der Waals surface area contributed by atoms with Crippen LogP contribution in [0.1, 0.15) is 26.3 Å². The van der Waals surface area contributed by atoms with Crippen molar-refractivity contribution in [3.8, 4) is 0 Å². The van der Waals surface area contributed by atoms with Gasteiger partial charge in [0.1, 0.15) is 0 Å². The topological polar surface area (TPSA) is 43.1 Å². The van der Waals surface area contributed by atoms with Crippen molar-refractivity contribution in [1.82, 2.24) is 0 Å². The number of thioether (sulfide) groups is 1. The predicted molar refractivity (Wildman–Crippen MR) is 68.7 cm³/mol. The third-order valence-corrected chi connectivity index (χ3v) is 3.57. The summed E-state index contributed by atoms with van der Waals surface area (Å²) in [5.74, 6) is 1.70. The smallest absolute Gasteiger partial charge is 0.258 e. The lowest BCUT2D eigenvalue weighted by Gasteiger charge is -2.17. The van der Waals surface area contributed by atoms with Crippen LogP contribution in [0.4, 0.5) is 5.69 Å². The van der Waals surface area contributed by atoms with Crippen molar-refractivity contribution in [1.29, 1.82) is 0 Å². The quantitative estimate of drug-likeness (QED) is 0.591. The molecule has 0 aliphatic carbocycles. The van der Waals surface area contributed by atoms with Gasteiger partial charge in [-0.15, -0.1) is 0 Å². The van der Waals surface area contributed by atoms with E-state index in [-0.39, 0.29) is 16.0 Å². The molecule has 0 spiro atoms. The summed E-state index contributed by atoms with van der Waals surface area (Å²) in [5.41, 5.74) is 1.29. The zero-order chi connectivity index (χ0) is 12.2. The largest absolute Gasteiger partial charge is 0.273 e. The molecule has 88 valence electrons. The molecule has 3 nitrogen and oxygen atoms in total. The highest BCUT2D eigenvalue weighted by atomic mass is 32.2. The van der Waals surface area contributed by atoms with Gasteiger partial charge in [-0.25, -0.2) is 0 Å². The van der Waals surface area contributed by atoms with Crippen molar-refractivity contribution >= 4 is 17.4 Å².